The molecule has 182 valence electrons. The van der Waals surface area contributed by atoms with Crippen LogP contribution in [-0.4, -0.2) is 83.2 Å². The first-order valence-electron chi connectivity index (χ1n) is 10.6. The summed E-state index contributed by atoms with van der Waals surface area (Å²) in [4.78, 5) is 60.5. The zero-order valence-corrected chi connectivity index (χ0v) is 18.1. The maximum absolute atomic E-state index is 12.9. The molecule has 1 aliphatic heterocycles. The first kappa shape index (κ1) is 27.3. The van der Waals surface area contributed by atoms with Crippen LogP contribution in [0.5, 0.6) is 0 Å². The third kappa shape index (κ3) is 9.16. The number of primary amides is 1. The van der Waals surface area contributed by atoms with Gasteiger partial charge in [-0.1, -0.05) is 0 Å². The van der Waals surface area contributed by atoms with E-state index in [-0.39, 0.29) is 12.3 Å². The van der Waals surface area contributed by atoms with Crippen molar-refractivity contribution in [2.75, 3.05) is 13.1 Å². The molecule has 1 saturated heterocycles. The Bertz CT molecular complexity index is 681. The summed E-state index contributed by atoms with van der Waals surface area (Å²) in [6, 6.07) is -4.55. The van der Waals surface area contributed by atoms with Crippen molar-refractivity contribution in [1.29, 1.82) is 0 Å². The van der Waals surface area contributed by atoms with E-state index in [9.17, 15) is 29.1 Å². The van der Waals surface area contributed by atoms with E-state index in [4.69, 9.17) is 16.6 Å². The van der Waals surface area contributed by atoms with Gasteiger partial charge in [0.15, 0.2) is 6.04 Å². The van der Waals surface area contributed by atoms with Gasteiger partial charge in [0, 0.05) is 0 Å². The van der Waals surface area contributed by atoms with Crippen LogP contribution in [0, 0.1) is 0 Å². The fourth-order valence-electron chi connectivity index (χ4n) is 3.27. The van der Waals surface area contributed by atoms with Gasteiger partial charge in [-0.3, -0.25) is 19.2 Å². The predicted molar refractivity (Wildman–Crippen MR) is 113 cm³/mol. The Hall–Kier alpha value is -2.77. The molecule has 1 heterocycles. The first-order valence-corrected chi connectivity index (χ1v) is 10.6. The van der Waals surface area contributed by atoms with Crippen LogP contribution in [0.2, 0.25) is 0 Å². The van der Waals surface area contributed by atoms with Crippen molar-refractivity contribution < 1.29 is 34.2 Å². The number of carboxylic acid groups (broad SMARTS) is 1. The zero-order chi connectivity index (χ0) is 24.3. The molecule has 10 N–H and O–H groups in total. The summed E-state index contributed by atoms with van der Waals surface area (Å²) in [7, 11) is 0. The van der Waals surface area contributed by atoms with Gasteiger partial charge in [-0.2, -0.15) is 0 Å². The third-order valence-electron chi connectivity index (χ3n) is 5.04. The molecule has 1 aliphatic rings. The number of carbonyl (C=O) groups excluding carboxylic acids is 4. The Morgan fingerprint density at radius 2 is 1.72 bits per heavy atom. The van der Waals surface area contributed by atoms with Crippen LogP contribution in [0.3, 0.4) is 0 Å². The van der Waals surface area contributed by atoms with E-state index in [2.05, 4.69) is 21.3 Å². The van der Waals surface area contributed by atoms with Crippen molar-refractivity contribution in [2.45, 2.75) is 75.7 Å². The highest BCUT2D eigenvalue weighted by Crippen LogP contribution is 2.08. The molecule has 0 radical (unpaired) electrons. The molecule has 32 heavy (non-hydrogen) atoms. The monoisotopic (exact) mass is 458 g/mol. The highest BCUT2D eigenvalue weighted by atomic mass is 16.4. The molecule has 4 amide bonds. The Balaban J connectivity index is 2.92. The van der Waals surface area contributed by atoms with Gasteiger partial charge in [-0.05, 0) is 52.1 Å². The van der Waals surface area contributed by atoms with Crippen molar-refractivity contribution in [1.82, 2.24) is 21.3 Å². The zero-order valence-electron chi connectivity index (χ0n) is 18.1. The lowest BCUT2D eigenvalue weighted by molar-refractivity contribution is -0.145. The molecule has 0 aromatic rings. The summed E-state index contributed by atoms with van der Waals surface area (Å²) >= 11 is 0. The number of aliphatic carboxylic acids is 1. The molecule has 1 rings (SSSR count). The lowest BCUT2D eigenvalue weighted by Gasteiger charge is -2.25. The van der Waals surface area contributed by atoms with Gasteiger partial charge in [-0.15, -0.1) is 0 Å². The molecular weight excluding hydrogens is 424 g/mol. The van der Waals surface area contributed by atoms with Crippen molar-refractivity contribution in [2.24, 2.45) is 11.5 Å². The Morgan fingerprint density at radius 1 is 1.06 bits per heavy atom. The van der Waals surface area contributed by atoms with Gasteiger partial charge in [-0.25, -0.2) is 4.79 Å². The predicted octanol–water partition coefficient (Wildman–Crippen LogP) is -3.34. The van der Waals surface area contributed by atoms with Gasteiger partial charge in [0.1, 0.15) is 12.1 Å². The molecule has 0 saturated carbocycles. The molecule has 5 atom stereocenters. The minimum absolute atomic E-state index is 0.248. The summed E-state index contributed by atoms with van der Waals surface area (Å²) in [5, 5.41) is 28.8. The fourth-order valence-corrected chi connectivity index (χ4v) is 3.27. The molecule has 0 spiro atoms. The highest BCUT2D eigenvalue weighted by Gasteiger charge is 2.33. The third-order valence-corrected chi connectivity index (χ3v) is 5.04. The summed E-state index contributed by atoms with van der Waals surface area (Å²) in [5.41, 5.74) is 10.7. The minimum Gasteiger partial charge on any atom is -0.480 e. The number of aliphatic hydroxyl groups excluding tert-OH is 1. The van der Waals surface area contributed by atoms with Crippen molar-refractivity contribution in [3.05, 3.63) is 0 Å². The highest BCUT2D eigenvalue weighted by molar-refractivity contribution is 5.96. The number of aliphatic hydroxyl groups is 1. The molecular formula is C19H34N6O7. The minimum atomic E-state index is -1.65. The Labute approximate surface area is 186 Å². The molecule has 0 bridgehead atoms. The van der Waals surface area contributed by atoms with Crippen LogP contribution < -0.4 is 32.7 Å². The Morgan fingerprint density at radius 3 is 2.22 bits per heavy atom. The molecule has 0 aliphatic carbocycles. The largest absolute Gasteiger partial charge is 0.480 e. The molecule has 13 nitrogen and oxygen atoms in total. The molecule has 0 aromatic carbocycles. The molecule has 13 heteroatoms. The second kappa shape index (κ2) is 13.6. The van der Waals surface area contributed by atoms with E-state index in [1.807, 2.05) is 0 Å². The van der Waals surface area contributed by atoms with E-state index in [1.165, 1.54) is 6.92 Å². The number of amides is 4. The lowest BCUT2D eigenvalue weighted by atomic mass is 10.1. The number of carbonyl (C=O) groups is 5. The van der Waals surface area contributed by atoms with Crippen LogP contribution in [0.1, 0.15) is 45.4 Å². The first-order chi connectivity index (χ1) is 15.1. The van der Waals surface area contributed by atoms with Gasteiger partial charge in [0.25, 0.3) is 0 Å². The molecule has 5 unspecified atom stereocenters. The molecule has 1 fully saturated rings. The maximum Gasteiger partial charge on any atom is 0.328 e. The van der Waals surface area contributed by atoms with Crippen LogP contribution in [0.4, 0.5) is 0 Å². The maximum atomic E-state index is 12.9. The lowest BCUT2D eigenvalue weighted by Crippen LogP contribution is -2.58. The number of hydrogen-bond donors (Lipinski definition) is 8. The van der Waals surface area contributed by atoms with Crippen molar-refractivity contribution in [3.63, 3.8) is 0 Å². The Kier molecular flexibility index (Phi) is 11.6. The van der Waals surface area contributed by atoms with E-state index < -0.39 is 60.4 Å². The van der Waals surface area contributed by atoms with Crippen LogP contribution in [0.25, 0.3) is 0 Å². The van der Waals surface area contributed by atoms with Gasteiger partial charge in [0.05, 0.1) is 18.6 Å². The average Bonchev–Trinajstić information content (AvgIpc) is 3.24. The summed E-state index contributed by atoms with van der Waals surface area (Å²) in [6.07, 6.45) is 0.825. The van der Waals surface area contributed by atoms with Crippen LogP contribution in [0.15, 0.2) is 0 Å². The quantitative estimate of drug-likeness (QED) is 0.122. The van der Waals surface area contributed by atoms with Gasteiger partial charge >= 0.3 is 5.97 Å². The van der Waals surface area contributed by atoms with Crippen molar-refractivity contribution in [3.8, 4) is 0 Å². The second-order valence-corrected chi connectivity index (χ2v) is 7.79. The number of unbranched alkanes of at least 4 members (excludes halogenated alkanes) is 1. The standard InChI is InChI=1S/C19H34N6O7/c1-10(26)15(19(31)32)25-18(30)13(9-14(21)27)24-17(29)12(5-2-3-7-20)23-16(28)11-6-4-8-22-11/h10-13,15,22,26H,2-9,20H2,1H3,(H2,21,27)(H,23,28)(H,24,29)(H,25,30)(H,31,32). The summed E-state index contributed by atoms with van der Waals surface area (Å²) in [5.74, 6) is -4.48. The van der Waals surface area contributed by atoms with E-state index >= 15 is 0 Å². The SMILES string of the molecule is CC(O)C(NC(=O)C(CC(N)=O)NC(=O)C(CCCCN)NC(=O)C1CCCN1)C(=O)O. The van der Waals surface area contributed by atoms with Crippen LogP contribution in [-0.2, 0) is 24.0 Å². The second-order valence-electron chi connectivity index (χ2n) is 7.79. The fraction of sp³-hybridized carbons (Fsp3) is 0.737. The van der Waals surface area contributed by atoms with Gasteiger partial charge in [0.2, 0.25) is 23.6 Å². The van der Waals surface area contributed by atoms with Crippen molar-refractivity contribution >= 4 is 29.6 Å². The normalized spacial score (nSPS) is 19.3. The summed E-state index contributed by atoms with van der Waals surface area (Å²) in [6.45, 7) is 2.26. The van der Waals surface area contributed by atoms with E-state index in [1.54, 1.807) is 0 Å². The average molecular weight is 459 g/mol. The number of nitrogens with two attached hydrogens (primary N) is 2. The van der Waals surface area contributed by atoms with E-state index in [0.29, 0.717) is 32.4 Å². The van der Waals surface area contributed by atoms with Gasteiger partial charge < -0.3 is 42.9 Å². The molecule has 0 aromatic heterocycles. The smallest absolute Gasteiger partial charge is 0.328 e. The van der Waals surface area contributed by atoms with Crippen LogP contribution >= 0.6 is 0 Å². The topological polar surface area (TPSA) is 226 Å². The number of nitrogens with one attached hydrogen (secondary N) is 4. The van der Waals surface area contributed by atoms with E-state index in [0.717, 1.165) is 6.42 Å². The number of carboxylic acids is 1. The number of hydrogen-bond acceptors (Lipinski definition) is 8. The summed E-state index contributed by atoms with van der Waals surface area (Å²) < 4.78 is 0. The number of rotatable bonds is 14.